The first-order valence-corrected chi connectivity index (χ1v) is 6.39. The maximum Gasteiger partial charge on any atom is 0.433 e. The van der Waals surface area contributed by atoms with Crippen molar-refractivity contribution in [2.45, 2.75) is 0 Å². The number of methoxy groups -OCH3 is 1. The van der Waals surface area contributed by atoms with Gasteiger partial charge in [0.2, 0.25) is 0 Å². The summed E-state index contributed by atoms with van der Waals surface area (Å²) in [5, 5.41) is 10.6. The molecule has 0 bridgehead atoms. The van der Waals surface area contributed by atoms with Crippen LogP contribution in [0, 0.1) is 10.1 Å². The number of carbonyl (C=O) groups excluding carboxylic acids is 1. The number of carbonyl (C=O) groups is 1. The number of Topliss-reactive ketones (excluding diaryl/α,β-unsaturated/α-hetero) is 1. The molecule has 2 aromatic rings. The third-order valence-electron chi connectivity index (χ3n) is 3.22. The zero-order valence-corrected chi connectivity index (χ0v) is 11.6. The van der Waals surface area contributed by atoms with Gasteiger partial charge in [-0.15, -0.1) is 0 Å². The van der Waals surface area contributed by atoms with Gasteiger partial charge in [-0.2, -0.15) is 0 Å². The van der Waals surface area contributed by atoms with E-state index in [2.05, 4.69) is 0 Å². The molecule has 0 atom stereocenters. The summed E-state index contributed by atoms with van der Waals surface area (Å²) < 4.78 is 15.6. The molecule has 1 aliphatic rings. The first-order chi connectivity index (χ1) is 10.6. The molecule has 0 saturated carbocycles. The van der Waals surface area contributed by atoms with E-state index in [1.54, 1.807) is 18.2 Å². The maximum atomic E-state index is 12.5. The third kappa shape index (κ3) is 2.44. The van der Waals surface area contributed by atoms with Crippen LogP contribution in [0.3, 0.4) is 0 Å². The Hall–Kier alpha value is -3.09. The first-order valence-electron chi connectivity index (χ1n) is 6.39. The highest BCUT2D eigenvalue weighted by Crippen LogP contribution is 2.31. The zero-order valence-electron chi connectivity index (χ0n) is 11.6. The number of hydrogen-bond acceptors (Lipinski definition) is 6. The second-order valence-corrected chi connectivity index (χ2v) is 4.58. The molecule has 2 heterocycles. The fraction of sp³-hybridized carbons (Fsp3) is 0.133. The highest BCUT2D eigenvalue weighted by atomic mass is 16.6. The lowest BCUT2D eigenvalue weighted by atomic mass is 9.99. The molecule has 1 aliphatic heterocycles. The molecule has 0 aliphatic carbocycles. The van der Waals surface area contributed by atoms with E-state index < -0.39 is 4.92 Å². The summed E-state index contributed by atoms with van der Waals surface area (Å²) in [6.07, 6.45) is 1.44. The molecule has 0 fully saturated rings. The summed E-state index contributed by atoms with van der Waals surface area (Å²) in [5.41, 5.74) is 0.739. The van der Waals surface area contributed by atoms with E-state index in [1.807, 2.05) is 0 Å². The molecule has 22 heavy (non-hydrogen) atoms. The van der Waals surface area contributed by atoms with Crippen molar-refractivity contribution in [1.29, 1.82) is 0 Å². The molecule has 0 saturated heterocycles. The number of ether oxygens (including phenoxy) is 2. The SMILES string of the molecule is COc1ccc2c(c1)C(=O)C(=Cc1ccc([N+](=O)[O-])o1)CO2. The summed E-state index contributed by atoms with van der Waals surface area (Å²) in [6.45, 7) is 0.0761. The molecule has 7 heteroatoms. The normalized spacial score (nSPS) is 15.3. The van der Waals surface area contributed by atoms with Crippen LogP contribution in [0.2, 0.25) is 0 Å². The smallest absolute Gasteiger partial charge is 0.433 e. The van der Waals surface area contributed by atoms with Gasteiger partial charge in [0, 0.05) is 5.57 Å². The Morgan fingerprint density at radius 1 is 1.32 bits per heavy atom. The Morgan fingerprint density at radius 2 is 2.14 bits per heavy atom. The van der Waals surface area contributed by atoms with Crippen LogP contribution in [-0.2, 0) is 0 Å². The summed E-state index contributed by atoms with van der Waals surface area (Å²) in [7, 11) is 1.51. The van der Waals surface area contributed by atoms with Crippen LogP contribution in [-0.4, -0.2) is 24.4 Å². The van der Waals surface area contributed by atoms with Gasteiger partial charge in [-0.1, -0.05) is 0 Å². The minimum Gasteiger partial charge on any atom is -0.497 e. The van der Waals surface area contributed by atoms with E-state index in [1.165, 1.54) is 25.3 Å². The molecule has 1 aromatic heterocycles. The first kappa shape index (κ1) is 13.9. The van der Waals surface area contributed by atoms with E-state index in [4.69, 9.17) is 13.9 Å². The second-order valence-electron chi connectivity index (χ2n) is 4.58. The van der Waals surface area contributed by atoms with Crippen molar-refractivity contribution in [2.24, 2.45) is 0 Å². The number of hydrogen-bond donors (Lipinski definition) is 0. The summed E-state index contributed by atoms with van der Waals surface area (Å²) in [6, 6.07) is 7.63. The van der Waals surface area contributed by atoms with Crippen molar-refractivity contribution in [3.8, 4) is 11.5 Å². The fourth-order valence-corrected chi connectivity index (χ4v) is 2.13. The van der Waals surface area contributed by atoms with Crippen LogP contribution in [0.25, 0.3) is 6.08 Å². The van der Waals surface area contributed by atoms with Crippen molar-refractivity contribution in [3.05, 3.63) is 57.3 Å². The molecule has 1 aromatic carbocycles. The highest BCUT2D eigenvalue weighted by molar-refractivity contribution is 6.14. The van der Waals surface area contributed by atoms with Crippen LogP contribution >= 0.6 is 0 Å². The zero-order chi connectivity index (χ0) is 15.7. The third-order valence-corrected chi connectivity index (χ3v) is 3.22. The second kappa shape index (κ2) is 5.36. The molecule has 0 spiro atoms. The van der Waals surface area contributed by atoms with Gasteiger partial charge in [0.05, 0.1) is 18.7 Å². The average molecular weight is 301 g/mol. The highest BCUT2D eigenvalue weighted by Gasteiger charge is 2.24. The fourth-order valence-electron chi connectivity index (χ4n) is 2.13. The van der Waals surface area contributed by atoms with Gasteiger partial charge in [-0.05, 0) is 30.3 Å². The molecule has 0 radical (unpaired) electrons. The largest absolute Gasteiger partial charge is 0.497 e. The lowest BCUT2D eigenvalue weighted by Crippen LogP contribution is -2.19. The maximum absolute atomic E-state index is 12.5. The van der Waals surface area contributed by atoms with Crippen LogP contribution in [0.5, 0.6) is 11.5 Å². The number of furan rings is 1. The van der Waals surface area contributed by atoms with E-state index in [0.29, 0.717) is 22.6 Å². The van der Waals surface area contributed by atoms with Crippen LogP contribution < -0.4 is 9.47 Å². The standard InChI is InChI=1S/C15H11NO6/c1-20-10-2-4-13-12(7-10)15(17)9(8-21-13)6-11-3-5-14(22-11)16(18)19/h2-7H,8H2,1H3. The molecule has 0 amide bonds. The van der Waals surface area contributed by atoms with Crippen LogP contribution in [0.15, 0.2) is 40.3 Å². The predicted molar refractivity (Wildman–Crippen MR) is 76.2 cm³/mol. The minimum atomic E-state index is -0.638. The number of fused-ring (bicyclic) bond motifs is 1. The topological polar surface area (TPSA) is 91.8 Å². The van der Waals surface area contributed by atoms with Gasteiger partial charge < -0.3 is 13.9 Å². The van der Waals surface area contributed by atoms with Crippen molar-refractivity contribution < 1.29 is 23.6 Å². The Balaban J connectivity index is 1.94. The Labute approximate surface area is 124 Å². The van der Waals surface area contributed by atoms with Crippen LogP contribution in [0.4, 0.5) is 5.88 Å². The minimum absolute atomic E-state index is 0.0761. The molecule has 0 N–H and O–H groups in total. The molecule has 112 valence electrons. The Kier molecular flexibility index (Phi) is 3.38. The van der Waals surface area contributed by atoms with E-state index >= 15 is 0 Å². The summed E-state index contributed by atoms with van der Waals surface area (Å²) >= 11 is 0. The molecular weight excluding hydrogens is 290 g/mol. The van der Waals surface area contributed by atoms with Gasteiger partial charge in [-0.3, -0.25) is 14.9 Å². The lowest BCUT2D eigenvalue weighted by molar-refractivity contribution is -0.402. The predicted octanol–water partition coefficient (Wildman–Crippen LogP) is 2.86. The lowest BCUT2D eigenvalue weighted by Gasteiger charge is -2.19. The summed E-state index contributed by atoms with van der Waals surface area (Å²) in [5.74, 6) is 0.654. The van der Waals surface area contributed by atoms with Gasteiger partial charge in [0.15, 0.2) is 5.78 Å². The van der Waals surface area contributed by atoms with Crippen molar-refractivity contribution in [2.75, 3.05) is 13.7 Å². The van der Waals surface area contributed by atoms with Crippen molar-refractivity contribution in [3.63, 3.8) is 0 Å². The quantitative estimate of drug-likeness (QED) is 0.491. The van der Waals surface area contributed by atoms with E-state index in [0.717, 1.165) is 0 Å². The van der Waals surface area contributed by atoms with E-state index in [9.17, 15) is 14.9 Å². The molecular formula is C15H11NO6. The average Bonchev–Trinajstić information content (AvgIpc) is 2.99. The molecule has 3 rings (SSSR count). The van der Waals surface area contributed by atoms with Gasteiger partial charge in [0.1, 0.15) is 28.8 Å². The van der Waals surface area contributed by atoms with Gasteiger partial charge in [0.25, 0.3) is 0 Å². The number of rotatable bonds is 3. The molecule has 0 unspecified atom stereocenters. The monoisotopic (exact) mass is 301 g/mol. The van der Waals surface area contributed by atoms with E-state index in [-0.39, 0.29) is 24.0 Å². The molecule has 7 nitrogen and oxygen atoms in total. The Bertz CT molecular complexity index is 789. The number of nitrogens with zero attached hydrogens (tertiary/aromatic N) is 1. The number of ketones is 1. The van der Waals surface area contributed by atoms with Crippen molar-refractivity contribution >= 4 is 17.7 Å². The van der Waals surface area contributed by atoms with Crippen LogP contribution in [0.1, 0.15) is 16.1 Å². The summed E-state index contributed by atoms with van der Waals surface area (Å²) in [4.78, 5) is 22.4. The van der Waals surface area contributed by atoms with Gasteiger partial charge in [-0.25, -0.2) is 0 Å². The van der Waals surface area contributed by atoms with Crippen molar-refractivity contribution in [1.82, 2.24) is 0 Å². The Morgan fingerprint density at radius 3 is 2.82 bits per heavy atom. The van der Waals surface area contributed by atoms with Gasteiger partial charge >= 0.3 is 5.88 Å². The number of nitro groups is 1. The number of benzene rings is 1.